The minimum absolute atomic E-state index is 0.160. The summed E-state index contributed by atoms with van der Waals surface area (Å²) in [6, 6.07) is -0.160. The Morgan fingerprint density at radius 3 is 2.89 bits per heavy atom. The van der Waals surface area contributed by atoms with Crippen LogP contribution in [0, 0.1) is 10.1 Å². The van der Waals surface area contributed by atoms with E-state index >= 15 is 0 Å². The van der Waals surface area contributed by atoms with Crippen molar-refractivity contribution >= 4 is 6.21 Å². The van der Waals surface area contributed by atoms with Crippen LogP contribution < -0.4 is 0 Å². The van der Waals surface area contributed by atoms with Crippen molar-refractivity contribution in [2.75, 3.05) is 13.1 Å². The zero-order valence-corrected chi connectivity index (χ0v) is 5.28. The van der Waals surface area contributed by atoms with Crippen LogP contribution in [0.2, 0.25) is 0 Å². The summed E-state index contributed by atoms with van der Waals surface area (Å²) in [4.78, 5) is 10.7. The molecule has 1 unspecified atom stereocenters. The van der Waals surface area contributed by atoms with E-state index in [1.165, 1.54) is 6.21 Å². The first-order valence-electron chi connectivity index (χ1n) is 2.91. The number of nitrogens with zero attached hydrogens (tertiary/aromatic N) is 2. The van der Waals surface area contributed by atoms with Gasteiger partial charge in [0.1, 0.15) is 0 Å². The normalized spacial score (nSPS) is 27.9. The molecule has 1 heterocycles. The van der Waals surface area contributed by atoms with Crippen molar-refractivity contribution in [3.05, 3.63) is 10.1 Å². The van der Waals surface area contributed by atoms with Gasteiger partial charge in [-0.3, -0.25) is 0 Å². The van der Waals surface area contributed by atoms with Crippen LogP contribution in [0.3, 0.4) is 0 Å². The van der Waals surface area contributed by atoms with Crippen LogP contribution in [0.15, 0.2) is 0 Å². The molecule has 0 spiro atoms. The second-order valence-electron chi connectivity index (χ2n) is 2.23. The molecule has 9 heavy (non-hydrogen) atoms. The highest BCUT2D eigenvalue weighted by molar-refractivity contribution is 5.52. The molecule has 1 aliphatic rings. The van der Waals surface area contributed by atoms with Crippen molar-refractivity contribution in [1.82, 2.24) is 0 Å². The van der Waals surface area contributed by atoms with Crippen molar-refractivity contribution < 1.29 is 9.50 Å². The van der Waals surface area contributed by atoms with Crippen LogP contribution in [0.5, 0.6) is 0 Å². The minimum Gasteiger partial charge on any atom is -0.624 e. The van der Waals surface area contributed by atoms with Crippen LogP contribution in [0.4, 0.5) is 0 Å². The molecule has 0 saturated carbocycles. The Labute approximate surface area is 53.0 Å². The number of rotatable bonds is 0. The van der Waals surface area contributed by atoms with Crippen LogP contribution in [-0.2, 0) is 0 Å². The van der Waals surface area contributed by atoms with Gasteiger partial charge in [0.05, 0.1) is 0 Å². The molecule has 1 atom stereocenters. The van der Waals surface area contributed by atoms with Gasteiger partial charge in [-0.15, -0.1) is 0 Å². The maximum Gasteiger partial charge on any atom is 0.268 e. The maximum atomic E-state index is 10.7. The molecule has 4 nitrogen and oxygen atoms in total. The van der Waals surface area contributed by atoms with Crippen molar-refractivity contribution in [3.8, 4) is 0 Å². The van der Waals surface area contributed by atoms with Gasteiger partial charge < -0.3 is 5.21 Å². The van der Waals surface area contributed by atoms with E-state index in [9.17, 15) is 10.1 Å². The Balaban J connectivity index is 2.65. The SMILES string of the molecule is CC1C[N+]([O-])=CC[N+]1=O. The Bertz CT molecular complexity index is 164. The first-order valence-corrected chi connectivity index (χ1v) is 2.91. The highest BCUT2D eigenvalue weighted by Gasteiger charge is 2.27. The lowest BCUT2D eigenvalue weighted by atomic mass is 10.3. The fourth-order valence-electron chi connectivity index (χ4n) is 0.778. The summed E-state index contributed by atoms with van der Waals surface area (Å²) in [5, 5.41) is 10.5. The second kappa shape index (κ2) is 2.13. The van der Waals surface area contributed by atoms with Gasteiger partial charge in [-0.25, -0.2) is 4.74 Å². The fourth-order valence-corrected chi connectivity index (χ4v) is 0.778. The lowest BCUT2D eigenvalue weighted by Gasteiger charge is -2.08. The van der Waals surface area contributed by atoms with Gasteiger partial charge in [-0.05, 0) is 0 Å². The van der Waals surface area contributed by atoms with Crippen molar-refractivity contribution in [3.63, 3.8) is 0 Å². The van der Waals surface area contributed by atoms with Crippen LogP contribution in [0.1, 0.15) is 6.92 Å². The summed E-state index contributed by atoms with van der Waals surface area (Å²) >= 11 is 0. The van der Waals surface area contributed by atoms with Gasteiger partial charge in [0, 0.05) is 16.6 Å². The summed E-state index contributed by atoms with van der Waals surface area (Å²) in [6.07, 6.45) is 1.35. The number of hydrogen-bond acceptors (Lipinski definition) is 2. The van der Waals surface area contributed by atoms with E-state index in [1.807, 2.05) is 0 Å². The lowest BCUT2D eigenvalue weighted by Crippen LogP contribution is -2.37. The average molecular weight is 129 g/mol. The zero-order valence-electron chi connectivity index (χ0n) is 5.28. The Morgan fingerprint density at radius 2 is 2.44 bits per heavy atom. The molecule has 0 saturated heterocycles. The van der Waals surface area contributed by atoms with Gasteiger partial charge in [-0.2, -0.15) is 0 Å². The molecular formula is C5H9N2O2+. The largest absolute Gasteiger partial charge is 0.624 e. The Kier molecular flexibility index (Phi) is 1.46. The number of hydroxylamine groups is 1. The minimum atomic E-state index is -0.160. The molecule has 0 radical (unpaired) electrons. The molecule has 0 aromatic carbocycles. The summed E-state index contributed by atoms with van der Waals surface area (Å²) in [6.45, 7) is 2.26. The first kappa shape index (κ1) is 6.19. The van der Waals surface area contributed by atoms with Crippen molar-refractivity contribution in [1.29, 1.82) is 0 Å². The first-order chi connectivity index (χ1) is 4.20. The monoisotopic (exact) mass is 129 g/mol. The van der Waals surface area contributed by atoms with Crippen molar-refractivity contribution in [2.24, 2.45) is 0 Å². The lowest BCUT2D eigenvalue weighted by molar-refractivity contribution is -0.634. The van der Waals surface area contributed by atoms with Crippen LogP contribution in [-0.4, -0.2) is 34.8 Å². The Hall–Kier alpha value is -0.930. The predicted octanol–water partition coefficient (Wildman–Crippen LogP) is -0.251. The number of nitroso groups, excluding NO2 is 1. The topological polar surface area (TPSA) is 46.1 Å². The average Bonchev–Trinajstić information content (AvgIpc) is 1.80. The molecule has 0 fully saturated rings. The molecule has 0 aliphatic carbocycles. The zero-order chi connectivity index (χ0) is 6.85. The molecule has 1 rings (SSSR count). The quantitative estimate of drug-likeness (QED) is 0.334. The van der Waals surface area contributed by atoms with Crippen LogP contribution in [0.25, 0.3) is 0 Å². The Morgan fingerprint density at radius 1 is 1.78 bits per heavy atom. The molecule has 0 bridgehead atoms. The number of hydrogen-bond donors (Lipinski definition) is 0. The van der Waals surface area contributed by atoms with E-state index in [4.69, 9.17) is 0 Å². The third-order valence-electron chi connectivity index (χ3n) is 1.40. The van der Waals surface area contributed by atoms with Crippen LogP contribution >= 0.6 is 0 Å². The molecule has 50 valence electrons. The van der Waals surface area contributed by atoms with Gasteiger partial charge >= 0.3 is 0 Å². The van der Waals surface area contributed by atoms with E-state index in [2.05, 4.69) is 0 Å². The van der Waals surface area contributed by atoms with Gasteiger partial charge in [-0.1, -0.05) is 0 Å². The predicted molar refractivity (Wildman–Crippen MR) is 32.5 cm³/mol. The fraction of sp³-hybridized carbons (Fsp3) is 0.800. The molecule has 4 heteroatoms. The third-order valence-corrected chi connectivity index (χ3v) is 1.40. The van der Waals surface area contributed by atoms with E-state index in [0.717, 1.165) is 9.50 Å². The van der Waals surface area contributed by atoms with Gasteiger partial charge in [0.15, 0.2) is 0 Å². The van der Waals surface area contributed by atoms with E-state index in [-0.39, 0.29) is 12.6 Å². The highest BCUT2D eigenvalue weighted by Crippen LogP contribution is 1.93. The second-order valence-corrected chi connectivity index (χ2v) is 2.23. The van der Waals surface area contributed by atoms with Crippen molar-refractivity contribution in [2.45, 2.75) is 13.0 Å². The third kappa shape index (κ3) is 1.25. The van der Waals surface area contributed by atoms with Gasteiger partial charge in [0.25, 0.3) is 12.6 Å². The summed E-state index contributed by atoms with van der Waals surface area (Å²) in [5.74, 6) is 0. The summed E-state index contributed by atoms with van der Waals surface area (Å²) < 4.78 is 1.70. The molecule has 0 aromatic heterocycles. The van der Waals surface area contributed by atoms with E-state index in [1.54, 1.807) is 6.92 Å². The molecule has 0 amide bonds. The van der Waals surface area contributed by atoms with E-state index in [0.29, 0.717) is 6.54 Å². The van der Waals surface area contributed by atoms with E-state index < -0.39 is 0 Å². The molecular weight excluding hydrogens is 120 g/mol. The molecule has 1 aliphatic heterocycles. The summed E-state index contributed by atoms with van der Waals surface area (Å²) in [7, 11) is 0. The van der Waals surface area contributed by atoms with Gasteiger partial charge in [0.2, 0.25) is 12.8 Å². The smallest absolute Gasteiger partial charge is 0.268 e. The molecule has 0 aromatic rings. The summed E-state index contributed by atoms with van der Waals surface area (Å²) in [5.41, 5.74) is 0. The standard InChI is InChI=1S/C5H9N2O2/c1-5-4-6(8)2-3-7(5)9/h2,5H,3-4H2,1H3/q+1. The maximum absolute atomic E-state index is 10.7. The molecule has 0 N–H and O–H groups in total. The highest BCUT2D eigenvalue weighted by atomic mass is 16.5.